The van der Waals surface area contributed by atoms with Crippen molar-refractivity contribution in [2.45, 2.75) is 12.5 Å². The van der Waals surface area contributed by atoms with Crippen molar-refractivity contribution in [2.24, 2.45) is 0 Å². The third-order valence-corrected chi connectivity index (χ3v) is 2.80. The Bertz CT molecular complexity index is 308. The Kier molecular flexibility index (Phi) is 3.41. The highest BCUT2D eigenvalue weighted by Gasteiger charge is 2.20. The van der Waals surface area contributed by atoms with Gasteiger partial charge < -0.3 is 5.32 Å². The van der Waals surface area contributed by atoms with Crippen LogP contribution in [0.25, 0.3) is 0 Å². The van der Waals surface area contributed by atoms with Crippen LogP contribution in [0, 0.1) is 0 Å². The first kappa shape index (κ1) is 10.2. The molecule has 0 aromatic heterocycles. The van der Waals surface area contributed by atoms with Gasteiger partial charge in [-0.25, -0.2) is 0 Å². The minimum atomic E-state index is 0.590. The van der Waals surface area contributed by atoms with E-state index in [-0.39, 0.29) is 0 Å². The predicted octanol–water partition coefficient (Wildman–Crippen LogP) is 2.36. The lowest BCUT2D eigenvalue weighted by Gasteiger charge is -2.15. The summed E-state index contributed by atoms with van der Waals surface area (Å²) in [6, 6.07) is 11.0. The second-order valence-electron chi connectivity index (χ2n) is 4.04. The van der Waals surface area contributed by atoms with Crippen LogP contribution in [0.4, 0.5) is 5.69 Å². The summed E-state index contributed by atoms with van der Waals surface area (Å²) in [5, 5.41) is 3.55. The molecule has 1 saturated heterocycles. The van der Waals surface area contributed by atoms with Crippen molar-refractivity contribution in [1.82, 2.24) is 4.90 Å². The van der Waals surface area contributed by atoms with Crippen LogP contribution in [0.15, 0.2) is 43.0 Å². The quantitative estimate of drug-likeness (QED) is 0.754. The highest BCUT2D eigenvalue weighted by Crippen LogP contribution is 2.15. The van der Waals surface area contributed by atoms with Gasteiger partial charge in [-0.05, 0) is 18.6 Å². The highest BCUT2D eigenvalue weighted by atomic mass is 15.2. The number of nitrogens with zero attached hydrogens (tertiary/aromatic N) is 1. The van der Waals surface area contributed by atoms with Gasteiger partial charge in [0.25, 0.3) is 0 Å². The number of rotatable bonds is 4. The molecule has 2 heteroatoms. The number of para-hydroxylation sites is 1. The molecular weight excluding hydrogens is 184 g/mol. The average molecular weight is 202 g/mol. The van der Waals surface area contributed by atoms with E-state index in [0.29, 0.717) is 6.04 Å². The molecule has 1 aliphatic heterocycles. The Labute approximate surface area is 91.6 Å². The van der Waals surface area contributed by atoms with E-state index in [9.17, 15) is 0 Å². The molecule has 0 aliphatic carbocycles. The highest BCUT2D eigenvalue weighted by molar-refractivity contribution is 5.43. The minimum absolute atomic E-state index is 0.590. The maximum absolute atomic E-state index is 3.77. The maximum Gasteiger partial charge on any atom is 0.0400 e. The van der Waals surface area contributed by atoms with Gasteiger partial charge in [0.2, 0.25) is 0 Å². The second kappa shape index (κ2) is 4.99. The fraction of sp³-hybridized carbons (Fsp3) is 0.385. The standard InChI is InChI=1S/C13H18N2/c1-2-9-15-10-8-13(11-15)14-12-6-4-3-5-7-12/h2-7,13-14H,1,8-11H2/t13-/m1/s1. The summed E-state index contributed by atoms with van der Waals surface area (Å²) in [4.78, 5) is 2.42. The fourth-order valence-corrected chi connectivity index (χ4v) is 2.07. The van der Waals surface area contributed by atoms with Gasteiger partial charge in [0, 0.05) is 31.4 Å². The molecule has 1 aromatic carbocycles. The summed E-state index contributed by atoms with van der Waals surface area (Å²) in [6.07, 6.45) is 3.20. The topological polar surface area (TPSA) is 15.3 Å². The van der Waals surface area contributed by atoms with Crippen LogP contribution in [0.1, 0.15) is 6.42 Å². The Hall–Kier alpha value is -1.28. The summed E-state index contributed by atoms with van der Waals surface area (Å²) >= 11 is 0. The van der Waals surface area contributed by atoms with Crippen molar-refractivity contribution in [3.63, 3.8) is 0 Å². The first-order chi connectivity index (χ1) is 7.38. The number of anilines is 1. The van der Waals surface area contributed by atoms with Crippen LogP contribution >= 0.6 is 0 Å². The van der Waals surface area contributed by atoms with E-state index in [2.05, 4.69) is 41.1 Å². The number of likely N-dealkylation sites (tertiary alicyclic amines) is 1. The van der Waals surface area contributed by atoms with Crippen LogP contribution in [-0.4, -0.2) is 30.6 Å². The first-order valence-electron chi connectivity index (χ1n) is 5.53. The van der Waals surface area contributed by atoms with Crippen molar-refractivity contribution < 1.29 is 0 Å². The summed E-state index contributed by atoms with van der Waals surface area (Å²) in [5.41, 5.74) is 1.22. The Morgan fingerprint density at radius 1 is 1.40 bits per heavy atom. The lowest BCUT2D eigenvalue weighted by Crippen LogP contribution is -2.26. The molecule has 1 fully saturated rings. The zero-order valence-electron chi connectivity index (χ0n) is 9.02. The van der Waals surface area contributed by atoms with E-state index in [1.807, 2.05) is 12.1 Å². The molecule has 1 heterocycles. The molecule has 1 aromatic rings. The van der Waals surface area contributed by atoms with Crippen LogP contribution in [0.5, 0.6) is 0 Å². The number of benzene rings is 1. The lowest BCUT2D eigenvalue weighted by atomic mass is 10.2. The van der Waals surface area contributed by atoms with Gasteiger partial charge in [0.1, 0.15) is 0 Å². The van der Waals surface area contributed by atoms with E-state index in [1.165, 1.54) is 18.7 Å². The molecule has 2 rings (SSSR count). The van der Waals surface area contributed by atoms with Crippen molar-refractivity contribution in [3.05, 3.63) is 43.0 Å². The summed E-state index contributed by atoms with van der Waals surface area (Å²) < 4.78 is 0. The molecule has 0 spiro atoms. The van der Waals surface area contributed by atoms with Crippen LogP contribution < -0.4 is 5.32 Å². The van der Waals surface area contributed by atoms with Crippen molar-refractivity contribution >= 4 is 5.69 Å². The molecule has 80 valence electrons. The van der Waals surface area contributed by atoms with Crippen molar-refractivity contribution in [3.8, 4) is 0 Å². The average Bonchev–Trinajstić information content (AvgIpc) is 2.68. The normalized spacial score (nSPS) is 21.5. The summed E-state index contributed by atoms with van der Waals surface area (Å²) in [5.74, 6) is 0. The molecule has 0 amide bonds. The van der Waals surface area contributed by atoms with E-state index in [4.69, 9.17) is 0 Å². The molecule has 0 saturated carbocycles. The zero-order valence-corrected chi connectivity index (χ0v) is 9.02. The zero-order chi connectivity index (χ0) is 10.5. The number of nitrogens with one attached hydrogen (secondary N) is 1. The third-order valence-electron chi connectivity index (χ3n) is 2.80. The van der Waals surface area contributed by atoms with Gasteiger partial charge in [-0.2, -0.15) is 0 Å². The Morgan fingerprint density at radius 2 is 2.20 bits per heavy atom. The fourth-order valence-electron chi connectivity index (χ4n) is 2.07. The van der Waals surface area contributed by atoms with Crippen molar-refractivity contribution in [1.29, 1.82) is 0 Å². The molecule has 1 atom stereocenters. The van der Waals surface area contributed by atoms with Gasteiger partial charge in [-0.3, -0.25) is 4.90 Å². The summed E-state index contributed by atoms with van der Waals surface area (Å²) in [7, 11) is 0. The van der Waals surface area contributed by atoms with Crippen molar-refractivity contribution in [2.75, 3.05) is 25.0 Å². The first-order valence-corrected chi connectivity index (χ1v) is 5.53. The van der Waals surface area contributed by atoms with Gasteiger partial charge in [0.15, 0.2) is 0 Å². The molecule has 2 nitrogen and oxygen atoms in total. The SMILES string of the molecule is C=CCN1CC[C@@H](Nc2ccccc2)C1. The maximum atomic E-state index is 3.77. The van der Waals surface area contributed by atoms with E-state index in [1.54, 1.807) is 0 Å². The molecule has 0 radical (unpaired) electrons. The van der Waals surface area contributed by atoms with Crippen LogP contribution in [-0.2, 0) is 0 Å². The number of hydrogen-bond acceptors (Lipinski definition) is 2. The lowest BCUT2D eigenvalue weighted by molar-refractivity contribution is 0.374. The Balaban J connectivity index is 1.85. The molecule has 15 heavy (non-hydrogen) atoms. The van der Waals surface area contributed by atoms with Gasteiger partial charge in [-0.15, -0.1) is 6.58 Å². The molecule has 1 N–H and O–H groups in total. The van der Waals surface area contributed by atoms with Gasteiger partial charge in [0.05, 0.1) is 0 Å². The minimum Gasteiger partial charge on any atom is -0.381 e. The van der Waals surface area contributed by atoms with E-state index < -0.39 is 0 Å². The molecule has 1 aliphatic rings. The van der Waals surface area contributed by atoms with Gasteiger partial charge in [-0.1, -0.05) is 24.3 Å². The monoisotopic (exact) mass is 202 g/mol. The molecular formula is C13H18N2. The molecule has 0 unspecified atom stereocenters. The molecule has 0 bridgehead atoms. The largest absolute Gasteiger partial charge is 0.381 e. The van der Waals surface area contributed by atoms with Gasteiger partial charge >= 0.3 is 0 Å². The second-order valence-corrected chi connectivity index (χ2v) is 4.04. The third kappa shape index (κ3) is 2.83. The van der Waals surface area contributed by atoms with Crippen LogP contribution in [0.2, 0.25) is 0 Å². The number of hydrogen-bond donors (Lipinski definition) is 1. The Morgan fingerprint density at radius 3 is 2.93 bits per heavy atom. The van der Waals surface area contributed by atoms with Crippen LogP contribution in [0.3, 0.4) is 0 Å². The smallest absolute Gasteiger partial charge is 0.0400 e. The van der Waals surface area contributed by atoms with E-state index >= 15 is 0 Å². The van der Waals surface area contributed by atoms with E-state index in [0.717, 1.165) is 13.1 Å². The summed E-state index contributed by atoms with van der Waals surface area (Å²) in [6.45, 7) is 7.08. The predicted molar refractivity (Wildman–Crippen MR) is 65.1 cm³/mol.